The second kappa shape index (κ2) is 7.87. The standard InChI is InChI=1S/C15H24FNO3S/c1-11(2)8-13(6-7-18)10-17-21(19,20)15-9-12(3)4-5-14(15)16/h4-5,9,11,13,17-18H,6-8,10H2,1-3H3. The van der Waals surface area contributed by atoms with E-state index in [0.717, 1.165) is 12.5 Å². The Bertz CT molecular complexity index is 558. The highest BCUT2D eigenvalue weighted by atomic mass is 32.2. The van der Waals surface area contributed by atoms with Crippen molar-refractivity contribution in [3.63, 3.8) is 0 Å². The fourth-order valence-corrected chi connectivity index (χ4v) is 3.55. The summed E-state index contributed by atoms with van der Waals surface area (Å²) in [5.74, 6) is -0.310. The minimum absolute atomic E-state index is 0.0118. The van der Waals surface area contributed by atoms with E-state index in [2.05, 4.69) is 4.72 Å². The molecule has 0 aromatic heterocycles. The molecule has 0 saturated carbocycles. The monoisotopic (exact) mass is 317 g/mol. The molecule has 1 aromatic rings. The van der Waals surface area contributed by atoms with Crippen molar-refractivity contribution in [2.75, 3.05) is 13.2 Å². The van der Waals surface area contributed by atoms with Crippen LogP contribution in [0.15, 0.2) is 23.1 Å². The molecule has 0 amide bonds. The van der Waals surface area contributed by atoms with Crippen molar-refractivity contribution in [3.05, 3.63) is 29.6 Å². The third-order valence-electron chi connectivity index (χ3n) is 3.28. The van der Waals surface area contributed by atoms with E-state index in [0.29, 0.717) is 17.9 Å². The van der Waals surface area contributed by atoms with Crippen molar-refractivity contribution in [2.24, 2.45) is 11.8 Å². The van der Waals surface area contributed by atoms with E-state index in [1.54, 1.807) is 6.92 Å². The van der Waals surface area contributed by atoms with Crippen LogP contribution >= 0.6 is 0 Å². The van der Waals surface area contributed by atoms with Gasteiger partial charge in [-0.25, -0.2) is 17.5 Å². The Kier molecular flexibility index (Phi) is 6.77. The van der Waals surface area contributed by atoms with E-state index in [9.17, 15) is 12.8 Å². The van der Waals surface area contributed by atoms with Crippen molar-refractivity contribution < 1.29 is 17.9 Å². The maximum absolute atomic E-state index is 13.7. The molecular weight excluding hydrogens is 293 g/mol. The van der Waals surface area contributed by atoms with Crippen molar-refractivity contribution in [1.82, 2.24) is 4.72 Å². The predicted molar refractivity (Wildman–Crippen MR) is 81.0 cm³/mol. The number of benzene rings is 1. The highest BCUT2D eigenvalue weighted by Gasteiger charge is 2.21. The molecule has 1 unspecified atom stereocenters. The summed E-state index contributed by atoms with van der Waals surface area (Å²) in [6.45, 7) is 6.01. The van der Waals surface area contributed by atoms with Gasteiger partial charge in [-0.3, -0.25) is 0 Å². The Labute approximate surface area is 126 Å². The summed E-state index contributed by atoms with van der Waals surface area (Å²) >= 11 is 0. The number of aliphatic hydroxyl groups is 1. The second-order valence-corrected chi connectivity index (χ2v) is 7.53. The van der Waals surface area contributed by atoms with Crippen molar-refractivity contribution >= 4 is 10.0 Å². The summed E-state index contributed by atoms with van der Waals surface area (Å²) in [6, 6.07) is 4.01. The number of sulfonamides is 1. The van der Waals surface area contributed by atoms with Crippen molar-refractivity contribution in [1.29, 1.82) is 0 Å². The van der Waals surface area contributed by atoms with Gasteiger partial charge in [-0.15, -0.1) is 0 Å². The normalized spacial score (nSPS) is 13.6. The first-order valence-corrected chi connectivity index (χ1v) is 8.61. The van der Waals surface area contributed by atoms with Gasteiger partial charge in [0.05, 0.1) is 0 Å². The van der Waals surface area contributed by atoms with Crippen LogP contribution in [-0.4, -0.2) is 26.7 Å². The number of rotatable bonds is 8. The molecule has 0 aliphatic heterocycles. The molecule has 0 fully saturated rings. The molecule has 21 heavy (non-hydrogen) atoms. The molecule has 0 spiro atoms. The zero-order chi connectivity index (χ0) is 16.0. The number of hydrogen-bond acceptors (Lipinski definition) is 3. The SMILES string of the molecule is Cc1ccc(F)c(S(=O)(=O)NCC(CCO)CC(C)C)c1. The Morgan fingerprint density at radius 1 is 1.33 bits per heavy atom. The largest absolute Gasteiger partial charge is 0.396 e. The van der Waals surface area contributed by atoms with Crippen LogP contribution in [0, 0.1) is 24.6 Å². The average molecular weight is 317 g/mol. The lowest BCUT2D eigenvalue weighted by atomic mass is 9.95. The van der Waals surface area contributed by atoms with Gasteiger partial charge in [-0.05, 0) is 49.3 Å². The van der Waals surface area contributed by atoms with Gasteiger partial charge in [0, 0.05) is 13.2 Å². The van der Waals surface area contributed by atoms with Gasteiger partial charge >= 0.3 is 0 Å². The zero-order valence-corrected chi connectivity index (χ0v) is 13.6. The van der Waals surface area contributed by atoms with E-state index in [-0.39, 0.29) is 24.0 Å². The molecule has 120 valence electrons. The Hall–Kier alpha value is -0.980. The second-order valence-electron chi connectivity index (χ2n) is 5.79. The zero-order valence-electron chi connectivity index (χ0n) is 12.8. The van der Waals surface area contributed by atoms with E-state index < -0.39 is 15.8 Å². The molecule has 6 heteroatoms. The van der Waals surface area contributed by atoms with Crippen LogP contribution in [0.3, 0.4) is 0 Å². The molecule has 1 atom stereocenters. The van der Waals surface area contributed by atoms with Crippen LogP contribution in [0.25, 0.3) is 0 Å². The summed E-state index contributed by atoms with van der Waals surface area (Å²) < 4.78 is 40.5. The molecule has 1 rings (SSSR count). The van der Waals surface area contributed by atoms with Crippen LogP contribution in [0.1, 0.15) is 32.3 Å². The smallest absolute Gasteiger partial charge is 0.243 e. The summed E-state index contributed by atoms with van der Waals surface area (Å²) in [5, 5.41) is 9.04. The summed E-state index contributed by atoms with van der Waals surface area (Å²) in [5.41, 5.74) is 0.686. The summed E-state index contributed by atoms with van der Waals surface area (Å²) in [6.07, 6.45) is 1.33. The lowest BCUT2D eigenvalue weighted by molar-refractivity contribution is 0.243. The topological polar surface area (TPSA) is 66.4 Å². The van der Waals surface area contributed by atoms with Crippen LogP contribution in [0.5, 0.6) is 0 Å². The first-order valence-electron chi connectivity index (χ1n) is 7.13. The molecule has 0 saturated heterocycles. The third kappa shape index (κ3) is 5.73. The molecule has 0 aliphatic rings. The fourth-order valence-electron chi connectivity index (χ4n) is 2.27. The number of aliphatic hydroxyl groups excluding tert-OH is 1. The summed E-state index contributed by atoms with van der Waals surface area (Å²) in [7, 11) is -3.87. The first kappa shape index (κ1) is 18.1. The third-order valence-corrected chi connectivity index (χ3v) is 4.72. The molecule has 2 N–H and O–H groups in total. The molecule has 0 aliphatic carbocycles. The van der Waals surface area contributed by atoms with Crippen LogP contribution < -0.4 is 4.72 Å². The molecule has 0 heterocycles. The molecule has 0 bridgehead atoms. The number of hydrogen-bond donors (Lipinski definition) is 2. The highest BCUT2D eigenvalue weighted by molar-refractivity contribution is 7.89. The minimum Gasteiger partial charge on any atom is -0.396 e. The van der Waals surface area contributed by atoms with Gasteiger partial charge < -0.3 is 5.11 Å². The minimum atomic E-state index is -3.87. The number of halogens is 1. The van der Waals surface area contributed by atoms with E-state index in [1.165, 1.54) is 12.1 Å². The molecular formula is C15H24FNO3S. The predicted octanol–water partition coefficient (Wildman–Crippen LogP) is 2.46. The lowest BCUT2D eigenvalue weighted by Crippen LogP contribution is -2.31. The van der Waals surface area contributed by atoms with E-state index in [1.807, 2.05) is 13.8 Å². The van der Waals surface area contributed by atoms with Crippen LogP contribution in [0.4, 0.5) is 4.39 Å². The van der Waals surface area contributed by atoms with Crippen molar-refractivity contribution in [3.8, 4) is 0 Å². The molecule has 4 nitrogen and oxygen atoms in total. The lowest BCUT2D eigenvalue weighted by Gasteiger charge is -2.19. The number of nitrogens with one attached hydrogen (secondary N) is 1. The maximum Gasteiger partial charge on any atom is 0.243 e. The van der Waals surface area contributed by atoms with E-state index in [4.69, 9.17) is 5.11 Å². The number of aryl methyl sites for hydroxylation is 1. The maximum atomic E-state index is 13.7. The van der Waals surface area contributed by atoms with E-state index >= 15 is 0 Å². The highest BCUT2D eigenvalue weighted by Crippen LogP contribution is 2.18. The van der Waals surface area contributed by atoms with Crippen LogP contribution in [-0.2, 0) is 10.0 Å². The average Bonchev–Trinajstić information content (AvgIpc) is 2.38. The van der Waals surface area contributed by atoms with Crippen LogP contribution in [0.2, 0.25) is 0 Å². The quantitative estimate of drug-likeness (QED) is 0.774. The van der Waals surface area contributed by atoms with Gasteiger partial charge in [0.15, 0.2) is 0 Å². The Morgan fingerprint density at radius 2 is 2.00 bits per heavy atom. The summed E-state index contributed by atoms with van der Waals surface area (Å²) in [4.78, 5) is -0.324. The first-order chi connectivity index (χ1) is 9.76. The van der Waals surface area contributed by atoms with Gasteiger partial charge in [-0.1, -0.05) is 19.9 Å². The molecule has 0 radical (unpaired) electrons. The van der Waals surface area contributed by atoms with Gasteiger partial charge in [0.2, 0.25) is 10.0 Å². The Balaban J connectivity index is 2.82. The molecule has 1 aromatic carbocycles. The Morgan fingerprint density at radius 3 is 2.57 bits per heavy atom. The van der Waals surface area contributed by atoms with Gasteiger partial charge in [0.25, 0.3) is 0 Å². The van der Waals surface area contributed by atoms with Gasteiger partial charge in [0.1, 0.15) is 10.7 Å². The fraction of sp³-hybridized carbons (Fsp3) is 0.600. The van der Waals surface area contributed by atoms with Gasteiger partial charge in [-0.2, -0.15) is 0 Å². The van der Waals surface area contributed by atoms with Crippen molar-refractivity contribution in [2.45, 2.75) is 38.5 Å².